The fraction of sp³-hybridized carbons (Fsp3) is 0.522. The molecule has 9 heteroatoms. The van der Waals surface area contributed by atoms with E-state index in [1.54, 1.807) is 7.11 Å². The second-order valence-corrected chi connectivity index (χ2v) is 8.80. The van der Waals surface area contributed by atoms with Crippen molar-refractivity contribution in [3.8, 4) is 11.8 Å². The Morgan fingerprint density at radius 1 is 1.09 bits per heavy atom. The number of piperidine rings is 1. The predicted octanol–water partition coefficient (Wildman–Crippen LogP) is 2.30. The van der Waals surface area contributed by atoms with Crippen LogP contribution in [0.1, 0.15) is 23.5 Å². The molecule has 170 valence electrons. The molecule has 2 atom stereocenters. The van der Waals surface area contributed by atoms with E-state index in [4.69, 9.17) is 4.74 Å². The quantitative estimate of drug-likeness (QED) is 0.669. The zero-order valence-corrected chi connectivity index (χ0v) is 18.9. The highest BCUT2D eigenvalue weighted by molar-refractivity contribution is 5.82. The van der Waals surface area contributed by atoms with E-state index in [1.807, 2.05) is 16.9 Å². The first-order chi connectivity index (χ1) is 15.5. The Morgan fingerprint density at radius 3 is 2.62 bits per heavy atom. The summed E-state index contributed by atoms with van der Waals surface area (Å²) in [7, 11) is 3.71. The van der Waals surface area contributed by atoms with Crippen LogP contribution in [-0.2, 0) is 0 Å². The van der Waals surface area contributed by atoms with Crippen molar-refractivity contribution < 1.29 is 9.13 Å². The highest BCUT2D eigenvalue weighted by Crippen LogP contribution is 2.33. The molecule has 0 aliphatic carbocycles. The summed E-state index contributed by atoms with van der Waals surface area (Å²) in [6.45, 7) is 7.05. The van der Waals surface area contributed by atoms with Crippen molar-refractivity contribution in [1.82, 2.24) is 30.0 Å². The lowest BCUT2D eigenvalue weighted by Crippen LogP contribution is -2.44. The average Bonchev–Trinajstić information content (AvgIpc) is 3.22. The number of likely N-dealkylation sites (N-methyl/N-ethyl adjacent to an activating group) is 1. The Hall–Kier alpha value is -2.78. The Balaban J connectivity index is 1.57. The number of anilines is 1. The number of rotatable bonds is 4. The van der Waals surface area contributed by atoms with Gasteiger partial charge in [0.2, 0.25) is 0 Å². The lowest BCUT2D eigenvalue weighted by molar-refractivity contribution is 0.231. The van der Waals surface area contributed by atoms with Crippen LogP contribution in [0.3, 0.4) is 0 Å². The van der Waals surface area contributed by atoms with Gasteiger partial charge in [0, 0.05) is 50.1 Å². The van der Waals surface area contributed by atoms with Gasteiger partial charge in [-0.1, -0.05) is 0 Å². The number of aromatic nitrogens is 4. The molecule has 3 aromatic rings. The fourth-order valence-electron chi connectivity index (χ4n) is 4.76. The van der Waals surface area contributed by atoms with Gasteiger partial charge in [0.15, 0.2) is 5.82 Å². The summed E-state index contributed by atoms with van der Waals surface area (Å²) in [6, 6.07) is 6.46. The summed E-state index contributed by atoms with van der Waals surface area (Å²) in [5.41, 5.74) is 3.07. The number of hydrogen-bond donors (Lipinski definition) is 1. The van der Waals surface area contributed by atoms with Gasteiger partial charge in [0.05, 0.1) is 18.8 Å². The highest BCUT2D eigenvalue weighted by atomic mass is 19.1. The van der Waals surface area contributed by atoms with Crippen molar-refractivity contribution in [2.45, 2.75) is 25.4 Å². The molecule has 2 aliphatic heterocycles. The molecule has 5 rings (SSSR count). The summed E-state index contributed by atoms with van der Waals surface area (Å²) < 4.78 is 21.9. The standard InChI is InChI=1S/C23H30FN7O/c1-15-10-16-13-26-31(20(16)11-18(15)17-4-5-25-14-19(17)24)22-12-21(27-23(28-22)32-3)30-8-6-29(2)7-9-30/h10-13,17,19,25H,4-9,14H2,1-3H3/t17-,19-/m1/s1. The van der Waals surface area contributed by atoms with Crippen LogP contribution in [0.5, 0.6) is 6.01 Å². The van der Waals surface area contributed by atoms with Crippen LogP contribution in [0.4, 0.5) is 10.2 Å². The van der Waals surface area contributed by atoms with Gasteiger partial charge in [-0.25, -0.2) is 9.07 Å². The minimum Gasteiger partial charge on any atom is -0.467 e. The molecule has 2 aromatic heterocycles. The maximum atomic E-state index is 14.7. The number of fused-ring (bicyclic) bond motifs is 1. The summed E-state index contributed by atoms with van der Waals surface area (Å²) >= 11 is 0. The third-order valence-corrected chi connectivity index (χ3v) is 6.67. The largest absolute Gasteiger partial charge is 0.467 e. The van der Waals surface area contributed by atoms with E-state index >= 15 is 0 Å². The average molecular weight is 440 g/mol. The molecule has 0 bridgehead atoms. The number of methoxy groups -OCH3 is 1. The first-order valence-corrected chi connectivity index (χ1v) is 11.2. The van der Waals surface area contributed by atoms with Crippen LogP contribution in [0.25, 0.3) is 16.7 Å². The number of alkyl halides is 1. The van der Waals surface area contributed by atoms with E-state index in [2.05, 4.69) is 56.3 Å². The minimum absolute atomic E-state index is 0.107. The summed E-state index contributed by atoms with van der Waals surface area (Å²) in [6.07, 6.45) is 1.74. The van der Waals surface area contributed by atoms with E-state index in [0.29, 0.717) is 18.4 Å². The molecule has 1 aromatic carbocycles. The molecule has 4 heterocycles. The van der Waals surface area contributed by atoms with Gasteiger partial charge in [-0.3, -0.25) is 0 Å². The number of piperazine rings is 1. The van der Waals surface area contributed by atoms with Crippen molar-refractivity contribution in [3.05, 3.63) is 35.5 Å². The molecule has 2 saturated heterocycles. The molecule has 0 unspecified atom stereocenters. The van der Waals surface area contributed by atoms with Crippen LogP contribution in [0.2, 0.25) is 0 Å². The first-order valence-electron chi connectivity index (χ1n) is 11.2. The summed E-state index contributed by atoms with van der Waals surface area (Å²) in [5, 5.41) is 8.78. The number of hydrogen-bond acceptors (Lipinski definition) is 7. The van der Waals surface area contributed by atoms with Gasteiger partial charge < -0.3 is 19.9 Å². The Kier molecular flexibility index (Phi) is 5.69. The minimum atomic E-state index is -0.890. The lowest BCUT2D eigenvalue weighted by atomic mass is 9.85. The summed E-state index contributed by atoms with van der Waals surface area (Å²) in [5.74, 6) is 1.38. The molecular weight excluding hydrogens is 409 g/mol. The fourth-order valence-corrected chi connectivity index (χ4v) is 4.76. The zero-order valence-electron chi connectivity index (χ0n) is 18.9. The van der Waals surface area contributed by atoms with E-state index in [0.717, 1.165) is 67.0 Å². The lowest BCUT2D eigenvalue weighted by Gasteiger charge is -2.33. The van der Waals surface area contributed by atoms with Crippen molar-refractivity contribution in [3.63, 3.8) is 0 Å². The molecule has 8 nitrogen and oxygen atoms in total. The molecule has 2 fully saturated rings. The zero-order chi connectivity index (χ0) is 22.2. The Morgan fingerprint density at radius 2 is 1.88 bits per heavy atom. The monoisotopic (exact) mass is 439 g/mol. The number of nitrogens with one attached hydrogen (secondary N) is 1. The number of nitrogens with zero attached hydrogens (tertiary/aromatic N) is 6. The van der Waals surface area contributed by atoms with Gasteiger partial charge >= 0.3 is 6.01 Å². The van der Waals surface area contributed by atoms with Crippen LogP contribution in [0, 0.1) is 6.92 Å². The number of benzene rings is 1. The maximum absolute atomic E-state index is 14.7. The SMILES string of the molecule is COc1nc(N2CCN(C)CC2)cc(-n2ncc3cc(C)c([C@H]4CCNC[C@H]4F)cc32)n1. The van der Waals surface area contributed by atoms with Gasteiger partial charge in [-0.2, -0.15) is 15.1 Å². The second kappa shape index (κ2) is 8.63. The molecule has 0 radical (unpaired) electrons. The molecule has 2 aliphatic rings. The summed E-state index contributed by atoms with van der Waals surface area (Å²) in [4.78, 5) is 13.7. The molecule has 32 heavy (non-hydrogen) atoms. The molecule has 0 spiro atoms. The molecule has 1 N–H and O–H groups in total. The van der Waals surface area contributed by atoms with Crippen LogP contribution < -0.4 is 15.0 Å². The van der Waals surface area contributed by atoms with Gasteiger partial charge in [-0.15, -0.1) is 0 Å². The normalized spacial score (nSPS) is 22.4. The van der Waals surface area contributed by atoms with E-state index in [-0.39, 0.29) is 5.92 Å². The number of aryl methyl sites for hydroxylation is 1. The molecular formula is C23H30FN7O. The van der Waals surface area contributed by atoms with Crippen molar-refractivity contribution in [1.29, 1.82) is 0 Å². The van der Waals surface area contributed by atoms with Crippen molar-refractivity contribution in [2.24, 2.45) is 0 Å². The van der Waals surface area contributed by atoms with Gasteiger partial charge in [0.1, 0.15) is 12.0 Å². The molecule has 0 saturated carbocycles. The topological polar surface area (TPSA) is 71.3 Å². The first kappa shape index (κ1) is 21.1. The smallest absolute Gasteiger partial charge is 0.320 e. The van der Waals surface area contributed by atoms with E-state index in [1.165, 1.54) is 0 Å². The third-order valence-electron chi connectivity index (χ3n) is 6.67. The Bertz CT molecular complexity index is 1110. The molecule has 0 amide bonds. The number of halogens is 1. The highest BCUT2D eigenvalue weighted by Gasteiger charge is 2.28. The Labute approximate surface area is 187 Å². The van der Waals surface area contributed by atoms with Gasteiger partial charge in [0.25, 0.3) is 0 Å². The van der Waals surface area contributed by atoms with Crippen molar-refractivity contribution >= 4 is 16.7 Å². The maximum Gasteiger partial charge on any atom is 0.320 e. The van der Waals surface area contributed by atoms with Crippen molar-refractivity contribution in [2.75, 3.05) is 58.3 Å². The second-order valence-electron chi connectivity index (χ2n) is 8.80. The van der Waals surface area contributed by atoms with E-state index in [9.17, 15) is 4.39 Å². The van der Waals surface area contributed by atoms with Crippen LogP contribution in [-0.4, -0.2) is 84.2 Å². The van der Waals surface area contributed by atoms with Crippen LogP contribution in [0.15, 0.2) is 24.4 Å². The van der Waals surface area contributed by atoms with Gasteiger partial charge in [-0.05, 0) is 50.2 Å². The van der Waals surface area contributed by atoms with Crippen LogP contribution >= 0.6 is 0 Å². The number of ether oxygens (including phenoxy) is 1. The predicted molar refractivity (Wildman–Crippen MR) is 123 cm³/mol. The van der Waals surface area contributed by atoms with E-state index < -0.39 is 6.17 Å². The third kappa shape index (κ3) is 3.91.